The summed E-state index contributed by atoms with van der Waals surface area (Å²) in [6.45, 7) is 0.673. The molecule has 0 aliphatic rings. The van der Waals surface area contributed by atoms with E-state index in [9.17, 15) is 4.79 Å². The van der Waals surface area contributed by atoms with Crippen LogP contribution in [0.1, 0.15) is 15.9 Å². The van der Waals surface area contributed by atoms with Crippen molar-refractivity contribution >= 4 is 17.4 Å². The summed E-state index contributed by atoms with van der Waals surface area (Å²) < 4.78 is 10.6. The third kappa shape index (κ3) is 5.01. The van der Waals surface area contributed by atoms with Crippen molar-refractivity contribution in [3.8, 4) is 11.5 Å². The van der Waals surface area contributed by atoms with Crippen LogP contribution in [0.15, 0.2) is 66.9 Å². The summed E-state index contributed by atoms with van der Waals surface area (Å²) in [6, 6.07) is 18.6. The average Bonchev–Trinajstić information content (AvgIpc) is 2.74. The summed E-state index contributed by atoms with van der Waals surface area (Å²) >= 11 is 0. The molecular weight excluding hydrogens is 354 g/mol. The molecular formula is C22H23N3O3. The molecule has 2 aromatic carbocycles. The second kappa shape index (κ2) is 9.41. The van der Waals surface area contributed by atoms with E-state index in [4.69, 9.17) is 9.47 Å². The minimum absolute atomic E-state index is 0.170. The molecule has 3 aromatic rings. The Labute approximate surface area is 164 Å². The molecule has 0 aliphatic heterocycles. The zero-order valence-electron chi connectivity index (χ0n) is 15.9. The second-order valence-corrected chi connectivity index (χ2v) is 6.12. The Balaban J connectivity index is 1.58. The predicted molar refractivity (Wildman–Crippen MR) is 110 cm³/mol. The van der Waals surface area contributed by atoms with Crippen molar-refractivity contribution in [3.63, 3.8) is 0 Å². The van der Waals surface area contributed by atoms with Crippen molar-refractivity contribution in [1.82, 2.24) is 4.98 Å². The summed E-state index contributed by atoms with van der Waals surface area (Å²) in [6.07, 6.45) is 2.40. The van der Waals surface area contributed by atoms with Gasteiger partial charge in [-0.25, -0.2) is 4.98 Å². The fraction of sp³-hybridized carbons (Fsp3) is 0.182. The number of hydrogen-bond acceptors (Lipinski definition) is 5. The van der Waals surface area contributed by atoms with Gasteiger partial charge in [-0.15, -0.1) is 0 Å². The van der Waals surface area contributed by atoms with Gasteiger partial charge in [0.1, 0.15) is 5.82 Å². The Hall–Kier alpha value is -3.54. The van der Waals surface area contributed by atoms with Crippen LogP contribution in [-0.2, 0) is 6.42 Å². The summed E-state index contributed by atoms with van der Waals surface area (Å²) in [4.78, 5) is 16.7. The average molecular weight is 377 g/mol. The monoisotopic (exact) mass is 377 g/mol. The molecule has 6 heteroatoms. The van der Waals surface area contributed by atoms with Crippen LogP contribution in [0.2, 0.25) is 0 Å². The van der Waals surface area contributed by atoms with E-state index in [0.717, 1.165) is 17.7 Å². The van der Waals surface area contributed by atoms with E-state index in [1.165, 1.54) is 0 Å². The SMILES string of the molecule is COc1ccc(CCNc2cc(C(=O)Nc3ccccc3)ccn2)cc1OC. The van der Waals surface area contributed by atoms with Crippen molar-refractivity contribution < 1.29 is 14.3 Å². The van der Waals surface area contributed by atoms with Crippen molar-refractivity contribution in [2.75, 3.05) is 31.4 Å². The number of nitrogens with one attached hydrogen (secondary N) is 2. The van der Waals surface area contributed by atoms with Gasteiger partial charge in [-0.05, 0) is 48.4 Å². The number of rotatable bonds is 8. The number of carbonyl (C=O) groups excluding carboxylic acids is 1. The van der Waals surface area contributed by atoms with Crippen molar-refractivity contribution in [2.45, 2.75) is 6.42 Å². The van der Waals surface area contributed by atoms with E-state index in [0.29, 0.717) is 29.4 Å². The molecule has 0 saturated heterocycles. The van der Waals surface area contributed by atoms with Gasteiger partial charge in [0.15, 0.2) is 11.5 Å². The van der Waals surface area contributed by atoms with Gasteiger partial charge in [0.25, 0.3) is 5.91 Å². The molecule has 0 bridgehead atoms. The molecule has 1 amide bonds. The van der Waals surface area contributed by atoms with Crippen molar-refractivity contribution in [3.05, 3.63) is 78.0 Å². The molecule has 0 atom stereocenters. The predicted octanol–water partition coefficient (Wildman–Crippen LogP) is 4.01. The first-order valence-electron chi connectivity index (χ1n) is 8.97. The zero-order chi connectivity index (χ0) is 19.8. The largest absolute Gasteiger partial charge is 0.493 e. The molecule has 6 nitrogen and oxygen atoms in total. The van der Waals surface area contributed by atoms with E-state index in [1.54, 1.807) is 32.5 Å². The smallest absolute Gasteiger partial charge is 0.255 e. The number of nitrogens with zero attached hydrogens (tertiary/aromatic N) is 1. The standard InChI is InChI=1S/C22H23N3O3/c1-27-19-9-8-16(14-20(19)28-2)10-12-23-21-15-17(11-13-24-21)22(26)25-18-6-4-3-5-7-18/h3-9,11,13-15H,10,12H2,1-2H3,(H,23,24)(H,25,26). The third-order valence-electron chi connectivity index (χ3n) is 4.22. The van der Waals surface area contributed by atoms with E-state index in [1.807, 2.05) is 48.5 Å². The number of para-hydroxylation sites is 1. The van der Waals surface area contributed by atoms with Crippen molar-refractivity contribution in [2.24, 2.45) is 0 Å². The number of benzene rings is 2. The summed E-state index contributed by atoms with van der Waals surface area (Å²) in [5.41, 5.74) is 2.42. The lowest BCUT2D eigenvalue weighted by atomic mass is 10.1. The molecule has 2 N–H and O–H groups in total. The van der Waals surface area contributed by atoms with Crippen molar-refractivity contribution in [1.29, 1.82) is 0 Å². The first kappa shape index (κ1) is 19.2. The van der Waals surface area contributed by atoms with Crippen LogP contribution in [0.4, 0.5) is 11.5 Å². The van der Waals surface area contributed by atoms with Gasteiger partial charge in [-0.3, -0.25) is 4.79 Å². The van der Waals surface area contributed by atoms with Gasteiger partial charge < -0.3 is 20.1 Å². The Morgan fingerprint density at radius 3 is 2.50 bits per heavy atom. The fourth-order valence-electron chi connectivity index (χ4n) is 2.76. The number of ether oxygens (including phenoxy) is 2. The third-order valence-corrected chi connectivity index (χ3v) is 4.22. The maximum absolute atomic E-state index is 12.4. The molecule has 144 valence electrons. The lowest BCUT2D eigenvalue weighted by molar-refractivity contribution is 0.102. The molecule has 1 heterocycles. The summed E-state index contributed by atoms with van der Waals surface area (Å²) in [5, 5.41) is 6.13. The van der Waals surface area contributed by atoms with Gasteiger partial charge >= 0.3 is 0 Å². The van der Waals surface area contributed by atoms with Gasteiger partial charge in [0.2, 0.25) is 0 Å². The maximum atomic E-state index is 12.4. The van der Waals surface area contributed by atoms with Crippen LogP contribution >= 0.6 is 0 Å². The number of carbonyl (C=O) groups is 1. The van der Waals surface area contributed by atoms with E-state index >= 15 is 0 Å². The fourth-order valence-corrected chi connectivity index (χ4v) is 2.76. The minimum Gasteiger partial charge on any atom is -0.493 e. The number of anilines is 2. The molecule has 1 aromatic heterocycles. The maximum Gasteiger partial charge on any atom is 0.255 e. The summed E-state index contributed by atoms with van der Waals surface area (Å²) in [7, 11) is 3.24. The zero-order valence-corrected chi connectivity index (χ0v) is 15.9. The molecule has 3 rings (SSSR count). The van der Waals surface area contributed by atoms with Crippen LogP contribution in [0.5, 0.6) is 11.5 Å². The van der Waals surface area contributed by atoms with E-state index in [-0.39, 0.29) is 5.91 Å². The molecule has 0 radical (unpaired) electrons. The number of aromatic nitrogens is 1. The highest BCUT2D eigenvalue weighted by Crippen LogP contribution is 2.27. The van der Waals surface area contributed by atoms with Gasteiger partial charge in [0, 0.05) is 24.0 Å². The van der Waals surface area contributed by atoms with Crippen LogP contribution in [0.3, 0.4) is 0 Å². The Morgan fingerprint density at radius 2 is 1.75 bits per heavy atom. The van der Waals surface area contributed by atoms with E-state index < -0.39 is 0 Å². The van der Waals surface area contributed by atoms with Crippen LogP contribution in [0.25, 0.3) is 0 Å². The summed E-state index contributed by atoms with van der Waals surface area (Å²) in [5.74, 6) is 1.90. The van der Waals surface area contributed by atoms with Crippen LogP contribution < -0.4 is 20.1 Å². The first-order chi connectivity index (χ1) is 13.7. The van der Waals surface area contributed by atoms with Gasteiger partial charge in [-0.1, -0.05) is 24.3 Å². The number of hydrogen-bond donors (Lipinski definition) is 2. The molecule has 0 unspecified atom stereocenters. The Kier molecular flexibility index (Phi) is 6.46. The highest BCUT2D eigenvalue weighted by atomic mass is 16.5. The molecule has 0 spiro atoms. The number of pyridine rings is 1. The highest BCUT2D eigenvalue weighted by Gasteiger charge is 2.08. The molecule has 0 aliphatic carbocycles. The van der Waals surface area contributed by atoms with Gasteiger partial charge in [0.05, 0.1) is 14.2 Å². The lowest BCUT2D eigenvalue weighted by Gasteiger charge is -2.11. The topological polar surface area (TPSA) is 72.5 Å². The minimum atomic E-state index is -0.170. The number of amides is 1. The Morgan fingerprint density at radius 1 is 0.964 bits per heavy atom. The van der Waals surface area contributed by atoms with Crippen LogP contribution in [0, 0.1) is 0 Å². The Bertz CT molecular complexity index is 929. The molecule has 0 fully saturated rings. The first-order valence-corrected chi connectivity index (χ1v) is 8.97. The quantitative estimate of drug-likeness (QED) is 0.621. The second-order valence-electron chi connectivity index (χ2n) is 6.12. The molecule has 28 heavy (non-hydrogen) atoms. The molecule has 0 saturated carbocycles. The highest BCUT2D eigenvalue weighted by molar-refractivity contribution is 6.04. The normalized spacial score (nSPS) is 10.2. The van der Waals surface area contributed by atoms with Gasteiger partial charge in [-0.2, -0.15) is 0 Å². The lowest BCUT2D eigenvalue weighted by Crippen LogP contribution is -2.13. The van der Waals surface area contributed by atoms with E-state index in [2.05, 4.69) is 15.6 Å². The van der Waals surface area contributed by atoms with Crippen LogP contribution in [-0.4, -0.2) is 31.7 Å². The number of methoxy groups -OCH3 is 2.